The largest absolute Gasteiger partial charge is 0.322 e. The highest BCUT2D eigenvalue weighted by molar-refractivity contribution is 8.01. The van der Waals surface area contributed by atoms with Crippen LogP contribution in [0.1, 0.15) is 57.2 Å². The third-order valence-electron chi connectivity index (χ3n) is 5.93. The number of nitrogens with zero attached hydrogens (tertiary/aromatic N) is 2. The first-order valence-corrected chi connectivity index (χ1v) is 11.8. The van der Waals surface area contributed by atoms with E-state index >= 15 is 0 Å². The molecule has 1 atom stereocenters. The average molecular weight is 454 g/mol. The Morgan fingerprint density at radius 3 is 2.38 bits per heavy atom. The number of benzene rings is 2. The molecule has 7 heteroatoms. The van der Waals surface area contributed by atoms with Crippen molar-refractivity contribution < 1.29 is 9.59 Å². The molecule has 0 aromatic heterocycles. The highest BCUT2D eigenvalue weighted by Gasteiger charge is 2.32. The predicted octanol–water partition coefficient (Wildman–Crippen LogP) is 5.99. The van der Waals surface area contributed by atoms with Crippen molar-refractivity contribution in [2.45, 2.75) is 69.1 Å². The lowest BCUT2D eigenvalue weighted by Crippen LogP contribution is -2.43. The topological polar surface area (TPSA) is 78.8 Å². The van der Waals surface area contributed by atoms with Crippen molar-refractivity contribution in [2.75, 3.05) is 11.9 Å². The van der Waals surface area contributed by atoms with Gasteiger partial charge in [-0.2, -0.15) is 0 Å². The molecule has 0 saturated heterocycles. The number of anilines is 1. The van der Waals surface area contributed by atoms with Crippen molar-refractivity contribution in [3.05, 3.63) is 64.1 Å². The minimum Gasteiger partial charge on any atom is -0.321 e. The lowest BCUT2D eigenvalue weighted by Gasteiger charge is -2.28. The molecule has 0 aliphatic heterocycles. The number of carbonyl (C=O) groups is 2. The molecule has 0 radical (unpaired) electrons. The van der Waals surface area contributed by atoms with Gasteiger partial charge in [-0.15, -0.1) is 16.7 Å². The zero-order chi connectivity index (χ0) is 23.5. The van der Waals surface area contributed by atoms with Crippen LogP contribution in [0.2, 0.25) is 0 Å². The van der Waals surface area contributed by atoms with Gasteiger partial charge in [-0.25, -0.2) is 4.79 Å². The average Bonchev–Trinajstić information content (AvgIpc) is 3.16. The molecular weight excluding hydrogens is 422 g/mol. The summed E-state index contributed by atoms with van der Waals surface area (Å²) in [6, 6.07) is 14.1. The summed E-state index contributed by atoms with van der Waals surface area (Å²) in [6.07, 6.45) is 1.56. The lowest BCUT2D eigenvalue weighted by atomic mass is 10.0. The quantitative estimate of drug-likeness (QED) is 0.412. The molecular formula is C25H31N3O3S. The van der Waals surface area contributed by atoms with E-state index in [0.717, 1.165) is 23.4 Å². The molecule has 0 spiro atoms. The van der Waals surface area contributed by atoms with Gasteiger partial charge in [0.05, 0.1) is 4.75 Å². The fourth-order valence-corrected chi connectivity index (χ4v) is 5.07. The van der Waals surface area contributed by atoms with Gasteiger partial charge in [0, 0.05) is 28.3 Å². The normalized spacial score (nSPS) is 15.4. The van der Waals surface area contributed by atoms with Crippen LogP contribution >= 0.6 is 11.8 Å². The summed E-state index contributed by atoms with van der Waals surface area (Å²) in [5.41, 5.74) is 4.42. The van der Waals surface area contributed by atoms with E-state index in [1.807, 2.05) is 42.2 Å². The fourth-order valence-electron chi connectivity index (χ4n) is 4.02. The highest BCUT2D eigenvalue weighted by atomic mass is 32.2. The molecule has 32 heavy (non-hydrogen) atoms. The number of carbonyl (C=O) groups excluding carboxylic acids is 2. The first-order chi connectivity index (χ1) is 15.1. The minimum atomic E-state index is -0.908. The first-order valence-electron chi connectivity index (χ1n) is 11.0. The van der Waals surface area contributed by atoms with Crippen LogP contribution in [0.25, 0.3) is 0 Å². The Labute approximate surface area is 194 Å². The Bertz CT molecular complexity index is 1000. The van der Waals surface area contributed by atoms with Crippen molar-refractivity contribution in [1.29, 1.82) is 0 Å². The SMILES string of the molecule is CCN(C(=O)Nc1ccc(C(C)C)cc1)C1Cc2ccc(SC(C)(C)C(=O)N=O)cc2C1. The van der Waals surface area contributed by atoms with Crippen LogP contribution in [0.4, 0.5) is 10.5 Å². The monoisotopic (exact) mass is 453 g/mol. The van der Waals surface area contributed by atoms with Crippen LogP contribution in [0.3, 0.4) is 0 Å². The molecule has 1 aliphatic carbocycles. The Hall–Kier alpha value is -2.67. The van der Waals surface area contributed by atoms with E-state index in [4.69, 9.17) is 0 Å². The second-order valence-electron chi connectivity index (χ2n) is 8.99. The van der Waals surface area contributed by atoms with Crippen LogP contribution in [0.15, 0.2) is 52.5 Å². The van der Waals surface area contributed by atoms with Crippen LogP contribution < -0.4 is 5.32 Å². The molecule has 1 N–H and O–H groups in total. The maximum Gasteiger partial charge on any atom is 0.322 e. The zero-order valence-electron chi connectivity index (χ0n) is 19.3. The summed E-state index contributed by atoms with van der Waals surface area (Å²) < 4.78 is -0.908. The number of nitrogens with one attached hydrogen (secondary N) is 1. The van der Waals surface area contributed by atoms with Gasteiger partial charge in [0.25, 0.3) is 0 Å². The van der Waals surface area contributed by atoms with Gasteiger partial charge in [0.1, 0.15) is 0 Å². The Kier molecular flexibility index (Phi) is 7.39. The number of rotatable bonds is 7. The fraction of sp³-hybridized carbons (Fsp3) is 0.440. The van der Waals surface area contributed by atoms with Crippen molar-refractivity contribution in [3.63, 3.8) is 0 Å². The minimum absolute atomic E-state index is 0.0801. The van der Waals surface area contributed by atoms with Gasteiger partial charge in [0.2, 0.25) is 0 Å². The van der Waals surface area contributed by atoms with E-state index < -0.39 is 10.7 Å². The van der Waals surface area contributed by atoms with Crippen molar-refractivity contribution in [3.8, 4) is 0 Å². The number of hydrogen-bond donors (Lipinski definition) is 1. The molecule has 3 rings (SSSR count). The van der Waals surface area contributed by atoms with Gasteiger partial charge in [-0.05, 0) is 80.5 Å². The third-order valence-corrected chi connectivity index (χ3v) is 7.11. The molecule has 1 unspecified atom stereocenters. The maximum atomic E-state index is 13.0. The van der Waals surface area contributed by atoms with Crippen LogP contribution in [-0.2, 0) is 17.6 Å². The van der Waals surface area contributed by atoms with Gasteiger partial charge in [-0.3, -0.25) is 4.79 Å². The number of urea groups is 1. The molecule has 0 saturated carbocycles. The standard InChI is InChI=1S/C25H31N3O3S/c1-6-28(24(30)26-20-10-7-17(8-11-20)16(2)3)21-13-18-9-12-22(15-19(18)14-21)32-25(4,5)23(29)27-31/h7-12,15-16,21H,6,13-14H2,1-5H3,(H,26,30). The van der Waals surface area contributed by atoms with Crippen LogP contribution in [-0.4, -0.2) is 34.2 Å². The summed E-state index contributed by atoms with van der Waals surface area (Å²) in [6.45, 7) is 10.3. The third kappa shape index (κ3) is 5.38. The van der Waals surface area contributed by atoms with E-state index in [0.29, 0.717) is 12.5 Å². The first kappa shape index (κ1) is 24.0. The number of likely N-dealkylation sites (N-methyl/N-ethyl adjacent to an activating group) is 1. The Balaban J connectivity index is 1.68. The molecule has 3 amide bonds. The van der Waals surface area contributed by atoms with Crippen LogP contribution in [0.5, 0.6) is 0 Å². The molecule has 0 fully saturated rings. The number of amides is 3. The van der Waals surface area contributed by atoms with Gasteiger partial charge in [0.15, 0.2) is 0 Å². The second-order valence-corrected chi connectivity index (χ2v) is 10.7. The van der Waals surface area contributed by atoms with E-state index in [1.165, 1.54) is 28.5 Å². The number of hydrogen-bond acceptors (Lipinski definition) is 4. The predicted molar refractivity (Wildman–Crippen MR) is 130 cm³/mol. The smallest absolute Gasteiger partial charge is 0.321 e. The van der Waals surface area contributed by atoms with E-state index in [9.17, 15) is 14.5 Å². The molecule has 1 aliphatic rings. The summed E-state index contributed by atoms with van der Waals surface area (Å²) >= 11 is 1.33. The van der Waals surface area contributed by atoms with Crippen molar-refractivity contribution in [1.82, 2.24) is 4.90 Å². The van der Waals surface area contributed by atoms with Gasteiger partial charge in [-0.1, -0.05) is 32.0 Å². The Morgan fingerprint density at radius 2 is 1.78 bits per heavy atom. The van der Waals surface area contributed by atoms with E-state index in [1.54, 1.807) is 13.8 Å². The second kappa shape index (κ2) is 9.86. The summed E-state index contributed by atoms with van der Waals surface area (Å²) in [4.78, 5) is 38.2. The number of thioether (sulfide) groups is 1. The summed E-state index contributed by atoms with van der Waals surface area (Å²) in [7, 11) is 0. The van der Waals surface area contributed by atoms with E-state index in [-0.39, 0.29) is 12.1 Å². The summed E-state index contributed by atoms with van der Waals surface area (Å²) in [5, 5.41) is 5.61. The number of nitroso groups, excluding NO2 is 1. The summed E-state index contributed by atoms with van der Waals surface area (Å²) in [5.74, 6) is -0.221. The number of fused-ring (bicyclic) bond motifs is 1. The van der Waals surface area contributed by atoms with Crippen molar-refractivity contribution in [2.24, 2.45) is 5.18 Å². The molecule has 2 aromatic carbocycles. The maximum absolute atomic E-state index is 13.0. The molecule has 0 bridgehead atoms. The molecule has 170 valence electrons. The zero-order valence-corrected chi connectivity index (χ0v) is 20.2. The van der Waals surface area contributed by atoms with Gasteiger partial charge >= 0.3 is 11.9 Å². The van der Waals surface area contributed by atoms with E-state index in [2.05, 4.69) is 36.5 Å². The Morgan fingerprint density at radius 1 is 1.12 bits per heavy atom. The molecule has 0 heterocycles. The van der Waals surface area contributed by atoms with Crippen LogP contribution in [0, 0.1) is 4.91 Å². The van der Waals surface area contributed by atoms with Crippen molar-refractivity contribution >= 4 is 29.4 Å². The molecule has 2 aromatic rings. The highest BCUT2D eigenvalue weighted by Crippen LogP contribution is 2.36. The lowest BCUT2D eigenvalue weighted by molar-refractivity contribution is -0.119. The van der Waals surface area contributed by atoms with Gasteiger partial charge < -0.3 is 10.2 Å². The molecule has 6 nitrogen and oxygen atoms in total.